The first-order chi connectivity index (χ1) is 11.5. The molecular formula is C18H32N4O2. The molecule has 0 aliphatic carbocycles. The van der Waals surface area contributed by atoms with Crippen LogP contribution in [0.15, 0.2) is 27.8 Å². The van der Waals surface area contributed by atoms with E-state index in [1.54, 1.807) is 6.26 Å². The normalized spacial score (nSPS) is 17.0. The van der Waals surface area contributed by atoms with E-state index in [0.717, 1.165) is 70.5 Å². The average Bonchev–Trinajstić information content (AvgIpc) is 3.04. The van der Waals surface area contributed by atoms with Crippen molar-refractivity contribution >= 4 is 5.96 Å². The lowest BCUT2D eigenvalue weighted by Gasteiger charge is -2.26. The summed E-state index contributed by atoms with van der Waals surface area (Å²) in [7, 11) is 0. The van der Waals surface area contributed by atoms with Crippen LogP contribution in [0.4, 0.5) is 0 Å². The topological polar surface area (TPSA) is 62.0 Å². The minimum absolute atomic E-state index is 0.0132. The number of nitrogens with zero attached hydrogens (tertiary/aromatic N) is 2. The van der Waals surface area contributed by atoms with E-state index in [9.17, 15) is 0 Å². The number of furan rings is 1. The summed E-state index contributed by atoms with van der Waals surface area (Å²) in [4.78, 5) is 7.16. The molecule has 1 aliphatic rings. The average molecular weight is 336 g/mol. The highest BCUT2D eigenvalue weighted by molar-refractivity contribution is 5.80. The van der Waals surface area contributed by atoms with Gasteiger partial charge in [0, 0.05) is 44.7 Å². The second-order valence-corrected chi connectivity index (χ2v) is 7.17. The fraction of sp³-hybridized carbons (Fsp3) is 0.722. The van der Waals surface area contributed by atoms with Crippen molar-refractivity contribution in [2.24, 2.45) is 4.99 Å². The Kier molecular flexibility index (Phi) is 7.59. The molecule has 136 valence electrons. The van der Waals surface area contributed by atoms with Crippen molar-refractivity contribution in [1.29, 1.82) is 0 Å². The maximum atomic E-state index is 5.38. The van der Waals surface area contributed by atoms with Gasteiger partial charge in [-0.15, -0.1) is 0 Å². The van der Waals surface area contributed by atoms with Gasteiger partial charge in [0.2, 0.25) is 0 Å². The maximum absolute atomic E-state index is 5.38. The van der Waals surface area contributed by atoms with E-state index in [2.05, 4.69) is 36.3 Å². The van der Waals surface area contributed by atoms with Crippen LogP contribution in [-0.4, -0.2) is 62.3 Å². The molecule has 2 heterocycles. The van der Waals surface area contributed by atoms with Crippen LogP contribution in [-0.2, 0) is 11.2 Å². The van der Waals surface area contributed by atoms with Gasteiger partial charge in [-0.1, -0.05) is 0 Å². The molecule has 6 nitrogen and oxygen atoms in total. The molecule has 0 radical (unpaired) electrons. The molecule has 0 saturated carbocycles. The van der Waals surface area contributed by atoms with Crippen molar-refractivity contribution in [2.75, 3.05) is 45.9 Å². The quantitative estimate of drug-likeness (QED) is 0.452. The minimum Gasteiger partial charge on any atom is -0.469 e. The Morgan fingerprint density at radius 1 is 1.29 bits per heavy atom. The first-order valence-electron chi connectivity index (χ1n) is 8.92. The summed E-state index contributed by atoms with van der Waals surface area (Å²) < 4.78 is 10.7. The fourth-order valence-corrected chi connectivity index (χ4v) is 2.56. The molecule has 0 spiro atoms. The minimum atomic E-state index is -0.0132. The van der Waals surface area contributed by atoms with Crippen molar-refractivity contribution < 1.29 is 9.15 Å². The number of rotatable bonds is 7. The molecule has 2 rings (SSSR count). The Hall–Kier alpha value is -1.53. The van der Waals surface area contributed by atoms with E-state index in [1.807, 2.05) is 12.1 Å². The van der Waals surface area contributed by atoms with Gasteiger partial charge in [0.05, 0.1) is 19.5 Å². The van der Waals surface area contributed by atoms with E-state index in [1.165, 1.54) is 0 Å². The number of aliphatic imine (C=N–C) groups is 1. The zero-order valence-corrected chi connectivity index (χ0v) is 15.3. The third kappa shape index (κ3) is 7.84. The highest BCUT2D eigenvalue weighted by Gasteiger charge is 2.12. The molecule has 1 fully saturated rings. The van der Waals surface area contributed by atoms with Gasteiger partial charge in [0.25, 0.3) is 0 Å². The van der Waals surface area contributed by atoms with Crippen LogP contribution in [0.5, 0.6) is 0 Å². The van der Waals surface area contributed by atoms with Crippen LogP contribution < -0.4 is 10.6 Å². The summed E-state index contributed by atoms with van der Waals surface area (Å²) in [5.41, 5.74) is -0.0132. The smallest absolute Gasteiger partial charge is 0.191 e. The second-order valence-electron chi connectivity index (χ2n) is 7.17. The Morgan fingerprint density at radius 3 is 2.75 bits per heavy atom. The van der Waals surface area contributed by atoms with E-state index in [0.29, 0.717) is 0 Å². The molecule has 0 unspecified atom stereocenters. The van der Waals surface area contributed by atoms with E-state index in [-0.39, 0.29) is 5.54 Å². The van der Waals surface area contributed by atoms with Crippen molar-refractivity contribution in [1.82, 2.24) is 15.5 Å². The van der Waals surface area contributed by atoms with Crippen LogP contribution in [0, 0.1) is 0 Å². The molecule has 1 aromatic rings. The first-order valence-corrected chi connectivity index (χ1v) is 8.92. The predicted molar refractivity (Wildman–Crippen MR) is 97.5 cm³/mol. The van der Waals surface area contributed by atoms with Gasteiger partial charge in [0.1, 0.15) is 5.76 Å². The summed E-state index contributed by atoms with van der Waals surface area (Å²) in [6, 6.07) is 3.92. The van der Waals surface area contributed by atoms with Gasteiger partial charge in [-0.3, -0.25) is 9.89 Å². The molecule has 2 N–H and O–H groups in total. The molecule has 1 aliphatic heterocycles. The molecule has 0 amide bonds. The maximum Gasteiger partial charge on any atom is 0.191 e. The summed E-state index contributed by atoms with van der Waals surface area (Å²) in [6.07, 6.45) is 3.63. The predicted octanol–water partition coefficient (Wildman–Crippen LogP) is 1.88. The zero-order valence-electron chi connectivity index (χ0n) is 15.3. The fourth-order valence-electron chi connectivity index (χ4n) is 2.56. The summed E-state index contributed by atoms with van der Waals surface area (Å²) >= 11 is 0. The van der Waals surface area contributed by atoms with Crippen LogP contribution in [0.25, 0.3) is 0 Å². The van der Waals surface area contributed by atoms with Gasteiger partial charge < -0.3 is 19.8 Å². The summed E-state index contributed by atoms with van der Waals surface area (Å²) in [6.45, 7) is 12.9. The molecule has 1 saturated heterocycles. The van der Waals surface area contributed by atoms with Crippen LogP contribution in [0.3, 0.4) is 0 Å². The SMILES string of the molecule is CC(C)(C)NC(=NCCCN1CCOCC1)NCCc1ccco1. The Bertz CT molecular complexity index is 474. The van der Waals surface area contributed by atoms with Crippen LogP contribution in [0.1, 0.15) is 33.0 Å². The Labute approximate surface area is 145 Å². The summed E-state index contributed by atoms with van der Waals surface area (Å²) in [5.74, 6) is 1.86. The number of morpholine rings is 1. The monoisotopic (exact) mass is 336 g/mol. The van der Waals surface area contributed by atoms with Crippen molar-refractivity contribution in [2.45, 2.75) is 39.2 Å². The molecule has 0 aromatic carbocycles. The summed E-state index contributed by atoms with van der Waals surface area (Å²) in [5, 5.41) is 6.85. The van der Waals surface area contributed by atoms with E-state index >= 15 is 0 Å². The lowest BCUT2D eigenvalue weighted by atomic mass is 10.1. The third-order valence-corrected chi connectivity index (χ3v) is 3.74. The lowest BCUT2D eigenvalue weighted by molar-refractivity contribution is 0.0377. The first kappa shape index (κ1) is 18.8. The molecule has 6 heteroatoms. The molecule has 0 atom stereocenters. The largest absolute Gasteiger partial charge is 0.469 e. The molecule has 24 heavy (non-hydrogen) atoms. The second kappa shape index (κ2) is 9.69. The standard InChI is InChI=1S/C18H32N4O2/c1-18(2,3)21-17(20-9-7-16-6-4-13-24-16)19-8-5-10-22-11-14-23-15-12-22/h4,6,13H,5,7-12,14-15H2,1-3H3,(H2,19,20,21). The Balaban J connectivity index is 1.73. The highest BCUT2D eigenvalue weighted by atomic mass is 16.5. The van der Waals surface area contributed by atoms with Crippen LogP contribution in [0.2, 0.25) is 0 Å². The van der Waals surface area contributed by atoms with Crippen molar-refractivity contribution in [3.05, 3.63) is 24.2 Å². The van der Waals surface area contributed by atoms with Gasteiger partial charge in [-0.05, 0) is 39.3 Å². The molecule has 1 aromatic heterocycles. The third-order valence-electron chi connectivity index (χ3n) is 3.74. The van der Waals surface area contributed by atoms with Gasteiger partial charge in [-0.25, -0.2) is 0 Å². The number of hydrogen-bond donors (Lipinski definition) is 2. The number of nitrogens with one attached hydrogen (secondary N) is 2. The van der Waals surface area contributed by atoms with Gasteiger partial charge >= 0.3 is 0 Å². The number of guanidine groups is 1. The zero-order chi connectivity index (χ0) is 17.3. The van der Waals surface area contributed by atoms with Crippen LogP contribution >= 0.6 is 0 Å². The molecular weight excluding hydrogens is 304 g/mol. The molecule has 0 bridgehead atoms. The van der Waals surface area contributed by atoms with E-state index in [4.69, 9.17) is 14.1 Å². The number of hydrogen-bond acceptors (Lipinski definition) is 4. The number of ether oxygens (including phenoxy) is 1. The van der Waals surface area contributed by atoms with E-state index < -0.39 is 0 Å². The Morgan fingerprint density at radius 2 is 2.08 bits per heavy atom. The van der Waals surface area contributed by atoms with Crippen molar-refractivity contribution in [3.63, 3.8) is 0 Å². The van der Waals surface area contributed by atoms with Gasteiger partial charge in [-0.2, -0.15) is 0 Å². The van der Waals surface area contributed by atoms with Crippen molar-refractivity contribution in [3.8, 4) is 0 Å². The highest BCUT2D eigenvalue weighted by Crippen LogP contribution is 2.02. The lowest BCUT2D eigenvalue weighted by Crippen LogP contribution is -2.48. The van der Waals surface area contributed by atoms with Gasteiger partial charge in [0.15, 0.2) is 5.96 Å².